The fraction of sp³-hybridized carbons (Fsp3) is 0.684. The first-order chi connectivity index (χ1) is 12.9. The Hall–Kier alpha value is -1.67. The summed E-state index contributed by atoms with van der Waals surface area (Å²) in [6, 6.07) is 4.46. The van der Waals surface area contributed by atoms with E-state index in [9.17, 15) is 18.5 Å². The predicted molar refractivity (Wildman–Crippen MR) is 103 cm³/mol. The van der Waals surface area contributed by atoms with Crippen LogP contribution in [0.4, 0.5) is 11.4 Å². The normalized spacial score (nSPS) is 23.2. The topological polar surface area (TPSA) is 83.8 Å². The molecular formula is C19H27N3O4S. The molecule has 3 fully saturated rings. The molecule has 0 atom stereocenters. The third-order valence-electron chi connectivity index (χ3n) is 6.31. The number of anilines is 1. The molecule has 0 unspecified atom stereocenters. The minimum atomic E-state index is -3.69. The number of benzene rings is 1. The molecule has 148 valence electrons. The number of nitro groups is 1. The summed E-state index contributed by atoms with van der Waals surface area (Å²) in [6.45, 7) is 2.62. The van der Waals surface area contributed by atoms with Gasteiger partial charge in [0, 0.05) is 32.2 Å². The molecule has 1 spiro atoms. The van der Waals surface area contributed by atoms with E-state index in [2.05, 4.69) is 4.90 Å². The van der Waals surface area contributed by atoms with Crippen LogP contribution in [0.5, 0.6) is 0 Å². The Morgan fingerprint density at radius 1 is 0.963 bits per heavy atom. The molecule has 3 aliphatic rings. The van der Waals surface area contributed by atoms with Gasteiger partial charge in [-0.3, -0.25) is 10.1 Å². The summed E-state index contributed by atoms with van der Waals surface area (Å²) in [5, 5.41) is 11.7. The van der Waals surface area contributed by atoms with Crippen LogP contribution in [0.25, 0.3) is 0 Å². The van der Waals surface area contributed by atoms with Gasteiger partial charge in [-0.15, -0.1) is 0 Å². The number of piperidine rings is 1. The summed E-state index contributed by atoms with van der Waals surface area (Å²) >= 11 is 0. The summed E-state index contributed by atoms with van der Waals surface area (Å²) in [4.78, 5) is 13.4. The molecule has 0 aromatic heterocycles. The summed E-state index contributed by atoms with van der Waals surface area (Å²) in [6.07, 6.45) is 8.36. The van der Waals surface area contributed by atoms with Gasteiger partial charge in [0.15, 0.2) is 0 Å². The smallest absolute Gasteiger partial charge is 0.293 e. The van der Waals surface area contributed by atoms with Crippen molar-refractivity contribution in [3.8, 4) is 0 Å². The minimum Gasteiger partial charge on any atom is -0.365 e. The molecule has 2 aliphatic heterocycles. The lowest BCUT2D eigenvalue weighted by atomic mass is 9.94. The van der Waals surface area contributed by atoms with Crippen molar-refractivity contribution < 1.29 is 13.3 Å². The largest absolute Gasteiger partial charge is 0.365 e. The van der Waals surface area contributed by atoms with E-state index in [1.54, 1.807) is 12.1 Å². The second-order valence-electron chi connectivity index (χ2n) is 8.25. The molecule has 27 heavy (non-hydrogen) atoms. The van der Waals surface area contributed by atoms with Gasteiger partial charge in [-0.05, 0) is 56.1 Å². The quantitative estimate of drug-likeness (QED) is 0.577. The molecule has 8 heteroatoms. The lowest BCUT2D eigenvalue weighted by molar-refractivity contribution is -0.384. The number of nitro benzene ring substituents is 1. The fourth-order valence-corrected chi connectivity index (χ4v) is 6.04. The summed E-state index contributed by atoms with van der Waals surface area (Å²) in [5.41, 5.74) is 0.799. The van der Waals surface area contributed by atoms with Crippen molar-refractivity contribution in [2.24, 2.45) is 5.41 Å². The SMILES string of the molecule is O=[N+]([O-])c1cc(S(=O)(=O)N2CCCCCC2)ccc1N1CCCC2(CC2)C1. The molecule has 7 nitrogen and oxygen atoms in total. The van der Waals surface area contributed by atoms with Crippen LogP contribution < -0.4 is 4.90 Å². The van der Waals surface area contributed by atoms with Crippen molar-refractivity contribution in [3.05, 3.63) is 28.3 Å². The van der Waals surface area contributed by atoms with Crippen LogP contribution >= 0.6 is 0 Å². The highest BCUT2D eigenvalue weighted by atomic mass is 32.2. The van der Waals surface area contributed by atoms with Gasteiger partial charge >= 0.3 is 0 Å². The van der Waals surface area contributed by atoms with E-state index in [1.165, 1.54) is 29.6 Å². The highest BCUT2D eigenvalue weighted by molar-refractivity contribution is 7.89. The molecular weight excluding hydrogens is 366 g/mol. The molecule has 0 radical (unpaired) electrons. The van der Waals surface area contributed by atoms with Crippen LogP contribution in [0.1, 0.15) is 51.4 Å². The zero-order chi connectivity index (χ0) is 19.1. The van der Waals surface area contributed by atoms with E-state index < -0.39 is 14.9 Å². The van der Waals surface area contributed by atoms with E-state index in [1.807, 2.05) is 0 Å². The van der Waals surface area contributed by atoms with E-state index in [-0.39, 0.29) is 10.6 Å². The Kier molecular flexibility index (Phi) is 4.88. The Morgan fingerprint density at radius 2 is 1.67 bits per heavy atom. The number of hydrogen-bond acceptors (Lipinski definition) is 5. The van der Waals surface area contributed by atoms with Crippen LogP contribution in [-0.2, 0) is 10.0 Å². The molecule has 0 N–H and O–H groups in total. The van der Waals surface area contributed by atoms with Crippen molar-refractivity contribution in [3.63, 3.8) is 0 Å². The second-order valence-corrected chi connectivity index (χ2v) is 10.2. The Bertz CT molecular complexity index is 827. The van der Waals surface area contributed by atoms with Crippen LogP contribution in [-0.4, -0.2) is 43.8 Å². The molecule has 1 saturated carbocycles. The maximum Gasteiger partial charge on any atom is 0.293 e. The third kappa shape index (κ3) is 3.69. The molecule has 1 aromatic rings. The molecule has 1 aromatic carbocycles. The van der Waals surface area contributed by atoms with Crippen LogP contribution in [0, 0.1) is 15.5 Å². The molecule has 2 heterocycles. The highest BCUT2D eigenvalue weighted by Crippen LogP contribution is 2.53. The van der Waals surface area contributed by atoms with Crippen molar-refractivity contribution in [1.29, 1.82) is 0 Å². The van der Waals surface area contributed by atoms with Crippen LogP contribution in [0.15, 0.2) is 23.1 Å². The van der Waals surface area contributed by atoms with Gasteiger partial charge in [0.05, 0.1) is 9.82 Å². The number of hydrogen-bond donors (Lipinski definition) is 0. The first-order valence-corrected chi connectivity index (χ1v) is 11.4. The Morgan fingerprint density at radius 3 is 2.30 bits per heavy atom. The maximum absolute atomic E-state index is 13.0. The zero-order valence-electron chi connectivity index (χ0n) is 15.6. The van der Waals surface area contributed by atoms with Gasteiger partial charge in [-0.1, -0.05) is 12.8 Å². The average molecular weight is 394 g/mol. The van der Waals surface area contributed by atoms with Crippen LogP contribution in [0.2, 0.25) is 0 Å². The predicted octanol–water partition coefficient (Wildman–Crippen LogP) is 3.54. The van der Waals surface area contributed by atoms with Crippen molar-refractivity contribution in [2.45, 2.75) is 56.3 Å². The molecule has 1 aliphatic carbocycles. The maximum atomic E-state index is 13.0. The van der Waals surface area contributed by atoms with Gasteiger partial charge in [0.25, 0.3) is 5.69 Å². The first kappa shape index (κ1) is 18.7. The molecule has 0 amide bonds. The number of nitrogens with zero attached hydrogens (tertiary/aromatic N) is 3. The highest BCUT2D eigenvalue weighted by Gasteiger charge is 2.46. The Balaban J connectivity index is 1.65. The van der Waals surface area contributed by atoms with Gasteiger partial charge in [-0.25, -0.2) is 8.42 Å². The molecule has 4 rings (SSSR count). The van der Waals surface area contributed by atoms with Gasteiger partial charge in [0.1, 0.15) is 5.69 Å². The standard InChI is InChI=1S/C19H27N3O4S/c23-22(24)18-14-16(27(25,26)21-12-3-1-2-4-13-21)6-7-17(18)20-11-5-8-19(15-20)9-10-19/h6-7,14H,1-5,8-13,15H2. The third-order valence-corrected chi connectivity index (χ3v) is 8.20. The number of rotatable bonds is 4. The lowest BCUT2D eigenvalue weighted by Crippen LogP contribution is -2.37. The minimum absolute atomic E-state index is 0.0398. The van der Waals surface area contributed by atoms with Crippen molar-refractivity contribution in [1.82, 2.24) is 4.31 Å². The molecule has 0 bridgehead atoms. The fourth-order valence-electron chi connectivity index (χ4n) is 4.51. The Labute approximate surface area is 160 Å². The van der Waals surface area contributed by atoms with E-state index in [0.29, 0.717) is 24.2 Å². The summed E-state index contributed by atoms with van der Waals surface area (Å²) in [5.74, 6) is 0. The second kappa shape index (κ2) is 7.05. The monoisotopic (exact) mass is 393 g/mol. The van der Waals surface area contributed by atoms with E-state index in [0.717, 1.165) is 45.2 Å². The van der Waals surface area contributed by atoms with Crippen molar-refractivity contribution >= 4 is 21.4 Å². The van der Waals surface area contributed by atoms with Gasteiger partial charge < -0.3 is 4.90 Å². The zero-order valence-corrected chi connectivity index (χ0v) is 16.4. The molecule has 2 saturated heterocycles. The van der Waals surface area contributed by atoms with Gasteiger partial charge in [0.2, 0.25) is 10.0 Å². The average Bonchev–Trinajstić information content (AvgIpc) is 3.45. The summed E-state index contributed by atoms with van der Waals surface area (Å²) < 4.78 is 27.5. The summed E-state index contributed by atoms with van der Waals surface area (Å²) in [7, 11) is -3.69. The number of sulfonamides is 1. The lowest BCUT2D eigenvalue weighted by Gasteiger charge is -2.34. The van der Waals surface area contributed by atoms with E-state index >= 15 is 0 Å². The van der Waals surface area contributed by atoms with Crippen molar-refractivity contribution in [2.75, 3.05) is 31.1 Å². The first-order valence-electron chi connectivity index (χ1n) is 9.95. The van der Waals surface area contributed by atoms with Crippen LogP contribution in [0.3, 0.4) is 0 Å². The van der Waals surface area contributed by atoms with Gasteiger partial charge in [-0.2, -0.15) is 4.31 Å². The van der Waals surface area contributed by atoms with E-state index in [4.69, 9.17) is 0 Å².